The molecule has 0 aliphatic carbocycles. The van der Waals surface area contributed by atoms with Crippen molar-refractivity contribution in [2.45, 2.75) is 52.6 Å². The lowest BCUT2D eigenvalue weighted by atomic mass is 10.0. The van der Waals surface area contributed by atoms with Crippen LogP contribution in [0.25, 0.3) is 5.57 Å². The standard InChI is InChI=1S/C29H33ClFN5O3/c1-6-20(22-17-21(9-10-23(22)30)39-13-7-12-29(3,4)38)16-25(32-5)34-28(37)27-33-26(35-36-27)15-19-8-11-24(31)18(2)14-19/h6,8-11,14,16-17,38H,5,7,12-13,15H2,1-4H3,(H,34,37)(H,33,35,36)/b20-6+,25-16+. The second kappa shape index (κ2) is 13.3. The molecular weight excluding hydrogens is 521 g/mol. The molecule has 206 valence electrons. The van der Waals surface area contributed by atoms with Crippen LogP contribution in [0.15, 0.2) is 59.4 Å². The van der Waals surface area contributed by atoms with E-state index in [0.29, 0.717) is 59.2 Å². The number of benzene rings is 2. The molecule has 0 unspecified atom stereocenters. The molecule has 10 heteroatoms. The number of allylic oxidation sites excluding steroid dienone is 3. The van der Waals surface area contributed by atoms with Crippen molar-refractivity contribution < 1.29 is 19.0 Å². The molecule has 0 saturated carbocycles. The number of aromatic amines is 1. The summed E-state index contributed by atoms with van der Waals surface area (Å²) in [4.78, 5) is 21.0. The summed E-state index contributed by atoms with van der Waals surface area (Å²) >= 11 is 6.47. The Morgan fingerprint density at radius 1 is 1.31 bits per heavy atom. The summed E-state index contributed by atoms with van der Waals surface area (Å²) in [6.07, 6.45) is 5.13. The maximum atomic E-state index is 13.5. The summed E-state index contributed by atoms with van der Waals surface area (Å²) in [6.45, 7) is 11.0. The summed E-state index contributed by atoms with van der Waals surface area (Å²) in [7, 11) is 0. The average molecular weight is 554 g/mol. The minimum atomic E-state index is -0.745. The van der Waals surface area contributed by atoms with Crippen LogP contribution in [0.3, 0.4) is 0 Å². The number of hydrogen-bond donors (Lipinski definition) is 3. The predicted octanol–water partition coefficient (Wildman–Crippen LogP) is 5.80. The normalized spacial score (nSPS) is 12.4. The quantitative estimate of drug-likeness (QED) is 0.149. The van der Waals surface area contributed by atoms with E-state index < -0.39 is 11.5 Å². The van der Waals surface area contributed by atoms with Gasteiger partial charge in [0.1, 0.15) is 23.2 Å². The van der Waals surface area contributed by atoms with E-state index in [4.69, 9.17) is 16.3 Å². The zero-order chi connectivity index (χ0) is 28.6. The third kappa shape index (κ3) is 8.87. The number of amides is 1. The fourth-order valence-electron chi connectivity index (χ4n) is 3.75. The van der Waals surface area contributed by atoms with Crippen LogP contribution in [0.5, 0.6) is 5.75 Å². The Labute approximate surface area is 232 Å². The number of H-pyrrole nitrogens is 1. The Morgan fingerprint density at radius 3 is 2.74 bits per heavy atom. The van der Waals surface area contributed by atoms with Gasteiger partial charge in [0.25, 0.3) is 5.91 Å². The lowest BCUT2D eigenvalue weighted by Gasteiger charge is -2.17. The van der Waals surface area contributed by atoms with Gasteiger partial charge in [-0.3, -0.25) is 9.89 Å². The molecule has 0 atom stereocenters. The molecule has 0 aliphatic rings. The van der Waals surface area contributed by atoms with Crippen molar-refractivity contribution in [3.63, 3.8) is 0 Å². The highest BCUT2D eigenvalue weighted by atomic mass is 35.5. The number of carbonyl (C=O) groups excluding carboxylic acids is 1. The Kier molecular flexibility index (Phi) is 10.1. The number of nitrogens with zero attached hydrogens (tertiary/aromatic N) is 3. The molecule has 3 N–H and O–H groups in total. The molecule has 2 aromatic carbocycles. The van der Waals surface area contributed by atoms with Gasteiger partial charge in [0.15, 0.2) is 0 Å². The van der Waals surface area contributed by atoms with Crippen LogP contribution in [0, 0.1) is 12.7 Å². The van der Waals surface area contributed by atoms with Gasteiger partial charge in [0, 0.05) is 17.0 Å². The van der Waals surface area contributed by atoms with E-state index in [1.807, 2.05) is 13.0 Å². The first kappa shape index (κ1) is 29.7. The molecule has 0 aliphatic heterocycles. The molecule has 0 spiro atoms. The number of aliphatic hydroxyl groups is 1. The number of ether oxygens (including phenoxy) is 1. The van der Waals surface area contributed by atoms with E-state index >= 15 is 0 Å². The Morgan fingerprint density at radius 2 is 2.08 bits per heavy atom. The van der Waals surface area contributed by atoms with Crippen LogP contribution < -0.4 is 10.1 Å². The summed E-state index contributed by atoms with van der Waals surface area (Å²) < 4.78 is 19.4. The van der Waals surface area contributed by atoms with E-state index in [9.17, 15) is 14.3 Å². The Bertz CT molecular complexity index is 1390. The number of carbonyl (C=O) groups is 1. The minimum Gasteiger partial charge on any atom is -0.494 e. The largest absolute Gasteiger partial charge is 0.494 e. The smallest absolute Gasteiger partial charge is 0.296 e. The Balaban J connectivity index is 1.69. The van der Waals surface area contributed by atoms with E-state index in [2.05, 4.69) is 32.2 Å². The second-order valence-corrected chi connectivity index (χ2v) is 10.1. The van der Waals surface area contributed by atoms with Crippen molar-refractivity contribution in [3.05, 3.63) is 93.6 Å². The molecule has 0 fully saturated rings. The van der Waals surface area contributed by atoms with Gasteiger partial charge in [-0.1, -0.05) is 29.8 Å². The van der Waals surface area contributed by atoms with E-state index in [1.165, 1.54) is 6.07 Å². The van der Waals surface area contributed by atoms with Crippen LogP contribution in [0.2, 0.25) is 5.02 Å². The SMILES string of the molecule is C=N/C(=C\C(=C/C)c1cc(OCCCC(C)(C)O)ccc1Cl)NC(=O)c1n[nH]c(Cc2ccc(F)c(C)c2)n1. The van der Waals surface area contributed by atoms with Gasteiger partial charge in [0.05, 0.1) is 12.2 Å². The summed E-state index contributed by atoms with van der Waals surface area (Å²) in [5, 5.41) is 19.8. The third-order valence-electron chi connectivity index (χ3n) is 5.79. The number of aromatic nitrogens is 3. The van der Waals surface area contributed by atoms with Gasteiger partial charge in [-0.05, 0) is 94.3 Å². The number of rotatable bonds is 12. The van der Waals surface area contributed by atoms with Crippen LogP contribution in [-0.4, -0.2) is 45.1 Å². The first-order valence-electron chi connectivity index (χ1n) is 12.5. The fourth-order valence-corrected chi connectivity index (χ4v) is 3.98. The molecule has 1 aromatic heterocycles. The maximum Gasteiger partial charge on any atom is 0.296 e. The Hall–Kier alpha value is -3.82. The molecule has 0 saturated heterocycles. The highest BCUT2D eigenvalue weighted by molar-refractivity contribution is 6.32. The average Bonchev–Trinajstić information content (AvgIpc) is 3.35. The van der Waals surface area contributed by atoms with Gasteiger partial charge < -0.3 is 15.2 Å². The minimum absolute atomic E-state index is 0.0695. The van der Waals surface area contributed by atoms with Crippen molar-refractivity contribution in [2.24, 2.45) is 4.99 Å². The first-order chi connectivity index (χ1) is 18.5. The summed E-state index contributed by atoms with van der Waals surface area (Å²) in [5.41, 5.74) is 1.99. The summed E-state index contributed by atoms with van der Waals surface area (Å²) in [6, 6.07) is 10.1. The highest BCUT2D eigenvalue weighted by Gasteiger charge is 2.16. The molecule has 1 heterocycles. The van der Waals surface area contributed by atoms with Gasteiger partial charge >= 0.3 is 0 Å². The first-order valence-corrected chi connectivity index (χ1v) is 12.8. The lowest BCUT2D eigenvalue weighted by Crippen LogP contribution is -2.23. The van der Waals surface area contributed by atoms with Crippen molar-refractivity contribution in [2.75, 3.05) is 6.61 Å². The summed E-state index contributed by atoms with van der Waals surface area (Å²) in [5.74, 6) is 0.344. The zero-order valence-electron chi connectivity index (χ0n) is 22.5. The number of aryl methyl sites for hydroxylation is 1. The molecule has 0 bridgehead atoms. The molecule has 3 rings (SSSR count). The van der Waals surface area contributed by atoms with Gasteiger partial charge in [-0.15, -0.1) is 5.10 Å². The van der Waals surface area contributed by atoms with Crippen LogP contribution in [-0.2, 0) is 6.42 Å². The zero-order valence-corrected chi connectivity index (χ0v) is 23.3. The van der Waals surface area contributed by atoms with Gasteiger partial charge in [-0.25, -0.2) is 14.4 Å². The monoisotopic (exact) mass is 553 g/mol. The lowest BCUT2D eigenvalue weighted by molar-refractivity contribution is 0.0641. The maximum absolute atomic E-state index is 13.5. The van der Waals surface area contributed by atoms with Crippen molar-refractivity contribution in [3.8, 4) is 5.75 Å². The molecule has 1 amide bonds. The van der Waals surface area contributed by atoms with E-state index in [0.717, 1.165) is 5.56 Å². The van der Waals surface area contributed by atoms with Crippen LogP contribution in [0.1, 0.15) is 66.7 Å². The molecule has 0 radical (unpaired) electrons. The number of nitrogens with one attached hydrogen (secondary N) is 2. The fraction of sp³-hybridized carbons (Fsp3) is 0.310. The van der Waals surface area contributed by atoms with Crippen molar-refractivity contribution in [1.29, 1.82) is 0 Å². The molecule has 3 aromatic rings. The molecule has 8 nitrogen and oxygen atoms in total. The molecule has 39 heavy (non-hydrogen) atoms. The van der Waals surface area contributed by atoms with Crippen molar-refractivity contribution >= 4 is 29.8 Å². The van der Waals surface area contributed by atoms with E-state index in [-0.39, 0.29) is 17.5 Å². The molecular formula is C29H33ClFN5O3. The van der Waals surface area contributed by atoms with Gasteiger partial charge in [-0.2, -0.15) is 0 Å². The van der Waals surface area contributed by atoms with Gasteiger partial charge in [0.2, 0.25) is 5.82 Å². The number of aliphatic imine (C=N–C) groups is 1. The van der Waals surface area contributed by atoms with Crippen molar-refractivity contribution in [1.82, 2.24) is 20.5 Å². The second-order valence-electron chi connectivity index (χ2n) is 9.66. The number of halogens is 2. The third-order valence-corrected chi connectivity index (χ3v) is 6.12. The van der Waals surface area contributed by atoms with Crippen LogP contribution >= 0.6 is 11.6 Å². The van der Waals surface area contributed by atoms with Crippen LogP contribution in [0.4, 0.5) is 4.39 Å². The predicted molar refractivity (Wildman–Crippen MR) is 152 cm³/mol. The highest BCUT2D eigenvalue weighted by Crippen LogP contribution is 2.30. The topological polar surface area (TPSA) is 112 Å². The van der Waals surface area contributed by atoms with E-state index in [1.54, 1.807) is 57.2 Å². The number of hydrogen-bond acceptors (Lipinski definition) is 6.